The highest BCUT2D eigenvalue weighted by molar-refractivity contribution is 5.25. The molecule has 2 heteroatoms. The van der Waals surface area contributed by atoms with Crippen LogP contribution >= 0.6 is 0 Å². The van der Waals surface area contributed by atoms with Gasteiger partial charge in [0, 0.05) is 19.8 Å². The van der Waals surface area contributed by atoms with Crippen LogP contribution in [-0.4, -0.2) is 14.2 Å². The molecule has 0 aliphatic heterocycles. The van der Waals surface area contributed by atoms with E-state index in [1.165, 1.54) is 0 Å². The molecule has 1 aromatic carbocycles. The molecule has 0 amide bonds. The maximum atomic E-state index is 5.56. The number of allylic oxidation sites excluding steroid dienone is 1. The van der Waals surface area contributed by atoms with Gasteiger partial charge in [-0.25, -0.2) is 0 Å². The topological polar surface area (TPSA) is 18.5 Å². The lowest BCUT2D eigenvalue weighted by Gasteiger charge is -2.29. The summed E-state index contributed by atoms with van der Waals surface area (Å²) in [5.41, 5.74) is 1.09. The first-order valence-corrected chi connectivity index (χ1v) is 5.80. The number of methoxy groups -OCH3 is 2. The van der Waals surface area contributed by atoms with Crippen molar-refractivity contribution < 1.29 is 9.47 Å². The van der Waals surface area contributed by atoms with Crippen LogP contribution in [-0.2, 0) is 15.3 Å². The van der Waals surface area contributed by atoms with Gasteiger partial charge in [-0.1, -0.05) is 57.2 Å². The number of rotatable bonds is 4. The van der Waals surface area contributed by atoms with E-state index in [9.17, 15) is 0 Å². The second-order valence-corrected chi connectivity index (χ2v) is 5.14. The summed E-state index contributed by atoms with van der Waals surface area (Å²) in [5, 5.41) is 0. The van der Waals surface area contributed by atoms with E-state index in [2.05, 4.69) is 26.8 Å². The second-order valence-electron chi connectivity index (χ2n) is 5.14. The summed E-state index contributed by atoms with van der Waals surface area (Å²) in [6, 6.07) is 9.94. The van der Waals surface area contributed by atoms with Gasteiger partial charge >= 0.3 is 0 Å². The van der Waals surface area contributed by atoms with Crippen molar-refractivity contribution in [1.82, 2.24) is 0 Å². The minimum atomic E-state index is -0.797. The Labute approximate surface area is 104 Å². The molecule has 94 valence electrons. The minimum Gasteiger partial charge on any atom is -0.346 e. The molecular weight excluding hydrogens is 212 g/mol. The van der Waals surface area contributed by atoms with Crippen LogP contribution < -0.4 is 0 Å². The van der Waals surface area contributed by atoms with Crippen LogP contribution in [0, 0.1) is 5.41 Å². The van der Waals surface area contributed by atoms with Gasteiger partial charge in [-0.3, -0.25) is 0 Å². The fourth-order valence-electron chi connectivity index (χ4n) is 1.58. The van der Waals surface area contributed by atoms with Crippen molar-refractivity contribution in [2.75, 3.05) is 14.2 Å². The van der Waals surface area contributed by atoms with E-state index in [0.29, 0.717) is 0 Å². The molecule has 1 rings (SSSR count). The molecule has 0 heterocycles. The van der Waals surface area contributed by atoms with Gasteiger partial charge in [0.1, 0.15) is 0 Å². The monoisotopic (exact) mass is 234 g/mol. The summed E-state index contributed by atoms with van der Waals surface area (Å²) in [6.07, 6.45) is 4.08. The van der Waals surface area contributed by atoms with E-state index in [1.54, 1.807) is 14.2 Å². The van der Waals surface area contributed by atoms with Crippen molar-refractivity contribution in [2.45, 2.75) is 26.6 Å². The van der Waals surface area contributed by atoms with Crippen LogP contribution in [0.4, 0.5) is 0 Å². The largest absolute Gasteiger partial charge is 0.346 e. The fourth-order valence-corrected chi connectivity index (χ4v) is 1.58. The third-order valence-electron chi connectivity index (χ3n) is 2.59. The first kappa shape index (κ1) is 13.9. The van der Waals surface area contributed by atoms with Crippen molar-refractivity contribution in [1.29, 1.82) is 0 Å². The molecule has 17 heavy (non-hydrogen) atoms. The maximum absolute atomic E-state index is 5.56. The summed E-state index contributed by atoms with van der Waals surface area (Å²) < 4.78 is 11.1. The molecule has 0 N–H and O–H groups in total. The predicted molar refractivity (Wildman–Crippen MR) is 70.7 cm³/mol. The molecule has 0 unspecified atom stereocenters. The molecule has 0 aliphatic carbocycles. The SMILES string of the molecule is COC(/C=C/C(C)(C)C)(OC)c1ccccc1. The molecule has 0 aliphatic rings. The van der Waals surface area contributed by atoms with Crippen LogP contribution in [0.5, 0.6) is 0 Å². The summed E-state index contributed by atoms with van der Waals surface area (Å²) in [7, 11) is 3.31. The Morgan fingerprint density at radius 2 is 1.41 bits per heavy atom. The van der Waals surface area contributed by atoms with Gasteiger partial charge in [0.2, 0.25) is 5.79 Å². The van der Waals surface area contributed by atoms with E-state index >= 15 is 0 Å². The first-order valence-electron chi connectivity index (χ1n) is 5.80. The quantitative estimate of drug-likeness (QED) is 0.583. The Morgan fingerprint density at radius 1 is 0.882 bits per heavy atom. The Kier molecular flexibility index (Phi) is 4.49. The van der Waals surface area contributed by atoms with Gasteiger partial charge in [0.05, 0.1) is 0 Å². The standard InChI is InChI=1S/C15H22O2/c1-14(2,3)11-12-15(16-4,17-5)13-9-7-6-8-10-13/h6-12H,1-5H3/b12-11+. The van der Waals surface area contributed by atoms with Gasteiger partial charge < -0.3 is 9.47 Å². The smallest absolute Gasteiger partial charge is 0.214 e. The molecule has 0 spiro atoms. The van der Waals surface area contributed by atoms with Crippen molar-refractivity contribution >= 4 is 0 Å². The normalized spacial score (nSPS) is 13.2. The molecule has 1 aromatic rings. The lowest BCUT2D eigenvalue weighted by atomic mass is 9.93. The molecule has 0 saturated carbocycles. The number of ether oxygens (including phenoxy) is 2. The van der Waals surface area contributed by atoms with E-state index in [4.69, 9.17) is 9.47 Å². The highest BCUT2D eigenvalue weighted by Crippen LogP contribution is 2.29. The van der Waals surface area contributed by atoms with Crippen LogP contribution in [0.15, 0.2) is 42.5 Å². The van der Waals surface area contributed by atoms with Crippen LogP contribution in [0.2, 0.25) is 0 Å². The number of hydrogen-bond donors (Lipinski definition) is 0. The summed E-state index contributed by atoms with van der Waals surface area (Å²) >= 11 is 0. The first-order chi connectivity index (χ1) is 7.93. The number of hydrogen-bond acceptors (Lipinski definition) is 2. The highest BCUT2D eigenvalue weighted by Gasteiger charge is 2.29. The molecule has 0 fully saturated rings. The molecular formula is C15H22O2. The van der Waals surface area contributed by atoms with E-state index in [-0.39, 0.29) is 5.41 Å². The van der Waals surface area contributed by atoms with Crippen molar-refractivity contribution in [3.05, 3.63) is 48.0 Å². The lowest BCUT2D eigenvalue weighted by Crippen LogP contribution is -2.28. The molecule has 0 bridgehead atoms. The Morgan fingerprint density at radius 3 is 1.82 bits per heavy atom. The zero-order chi connectivity index (χ0) is 12.9. The Bertz CT molecular complexity index is 356. The maximum Gasteiger partial charge on any atom is 0.214 e. The molecule has 0 radical (unpaired) electrons. The minimum absolute atomic E-state index is 0.0943. The zero-order valence-corrected chi connectivity index (χ0v) is 11.4. The third-order valence-corrected chi connectivity index (χ3v) is 2.59. The molecule has 0 aromatic heterocycles. The predicted octanol–water partition coefficient (Wildman–Crippen LogP) is 3.73. The van der Waals surface area contributed by atoms with E-state index in [1.807, 2.05) is 36.4 Å². The lowest BCUT2D eigenvalue weighted by molar-refractivity contribution is -0.178. The average Bonchev–Trinajstić information content (AvgIpc) is 2.31. The summed E-state index contributed by atoms with van der Waals surface area (Å²) in [5.74, 6) is -0.797. The van der Waals surface area contributed by atoms with Gasteiger partial charge in [-0.2, -0.15) is 0 Å². The van der Waals surface area contributed by atoms with Gasteiger partial charge in [-0.15, -0.1) is 0 Å². The van der Waals surface area contributed by atoms with Crippen LogP contribution in [0.1, 0.15) is 26.3 Å². The fraction of sp³-hybridized carbons (Fsp3) is 0.467. The average molecular weight is 234 g/mol. The molecule has 2 nitrogen and oxygen atoms in total. The van der Waals surface area contributed by atoms with Crippen molar-refractivity contribution in [3.63, 3.8) is 0 Å². The summed E-state index contributed by atoms with van der Waals surface area (Å²) in [4.78, 5) is 0. The molecule has 0 atom stereocenters. The van der Waals surface area contributed by atoms with Crippen molar-refractivity contribution in [3.8, 4) is 0 Å². The van der Waals surface area contributed by atoms with Gasteiger partial charge in [0.15, 0.2) is 0 Å². The molecule has 0 saturated heterocycles. The number of benzene rings is 1. The van der Waals surface area contributed by atoms with E-state index < -0.39 is 5.79 Å². The van der Waals surface area contributed by atoms with Gasteiger partial charge in [0.25, 0.3) is 0 Å². The van der Waals surface area contributed by atoms with E-state index in [0.717, 1.165) is 5.56 Å². The highest BCUT2D eigenvalue weighted by atomic mass is 16.7. The Hall–Kier alpha value is -1.12. The van der Waals surface area contributed by atoms with Crippen LogP contribution in [0.25, 0.3) is 0 Å². The third kappa shape index (κ3) is 3.69. The Balaban J connectivity index is 3.11. The van der Waals surface area contributed by atoms with Gasteiger partial charge in [-0.05, 0) is 11.5 Å². The van der Waals surface area contributed by atoms with Crippen molar-refractivity contribution in [2.24, 2.45) is 5.41 Å². The zero-order valence-electron chi connectivity index (χ0n) is 11.4. The second kappa shape index (κ2) is 5.48. The summed E-state index contributed by atoms with van der Waals surface area (Å²) in [6.45, 7) is 6.43. The van der Waals surface area contributed by atoms with Crippen LogP contribution in [0.3, 0.4) is 0 Å².